The molecule has 0 aliphatic carbocycles. The van der Waals surface area contributed by atoms with Gasteiger partial charge in [0, 0.05) is 16.7 Å². The van der Waals surface area contributed by atoms with Gasteiger partial charge in [-0.2, -0.15) is 0 Å². The third-order valence-corrected chi connectivity index (χ3v) is 4.13. The number of halogens is 2. The molecule has 6 heteroatoms. The van der Waals surface area contributed by atoms with Crippen LogP contribution in [0.5, 0.6) is 0 Å². The monoisotopic (exact) mass is 392 g/mol. The van der Waals surface area contributed by atoms with Gasteiger partial charge in [0.1, 0.15) is 11.2 Å². The highest BCUT2D eigenvalue weighted by Crippen LogP contribution is 2.20. The van der Waals surface area contributed by atoms with E-state index >= 15 is 0 Å². The number of benzene rings is 2. The Kier molecular flexibility index (Phi) is 5.72. The number of hydrogen-bond donors (Lipinski definition) is 2. The first-order valence-electron chi connectivity index (χ1n) is 7.39. The van der Waals surface area contributed by atoms with Gasteiger partial charge in [-0.1, -0.05) is 28.1 Å². The molecule has 2 N–H and O–H groups in total. The fourth-order valence-corrected chi connectivity index (χ4v) is 2.19. The average Bonchev–Trinajstić information content (AvgIpc) is 2.56. The summed E-state index contributed by atoms with van der Waals surface area (Å²) in [4.78, 5) is 24.7. The minimum absolute atomic E-state index is 0.230. The molecule has 0 saturated heterocycles. The van der Waals surface area contributed by atoms with Crippen molar-refractivity contribution in [1.82, 2.24) is 5.32 Å². The predicted molar refractivity (Wildman–Crippen MR) is 94.8 cm³/mol. The molecule has 0 atom stereocenters. The third kappa shape index (κ3) is 4.64. The molecule has 4 nitrogen and oxygen atoms in total. The zero-order valence-corrected chi connectivity index (χ0v) is 15.0. The van der Waals surface area contributed by atoms with Crippen LogP contribution in [0.1, 0.15) is 19.4 Å². The molecule has 0 aliphatic rings. The quantitative estimate of drug-likeness (QED) is 0.758. The first-order valence-corrected chi connectivity index (χ1v) is 8.18. The lowest BCUT2D eigenvalue weighted by Crippen LogP contribution is -2.44. The Morgan fingerprint density at radius 2 is 1.58 bits per heavy atom. The molecule has 0 aliphatic heterocycles. The minimum Gasteiger partial charge on any atom is -0.351 e. The van der Waals surface area contributed by atoms with Crippen LogP contribution in [0.3, 0.4) is 0 Å². The van der Waals surface area contributed by atoms with Gasteiger partial charge in [-0.25, -0.2) is 4.39 Å². The van der Waals surface area contributed by atoms with E-state index in [0.29, 0.717) is 5.69 Å². The topological polar surface area (TPSA) is 58.2 Å². The first kappa shape index (κ1) is 18.1. The van der Waals surface area contributed by atoms with Crippen molar-refractivity contribution in [3.05, 3.63) is 64.4 Å². The standard InChI is InChI=1S/C18H18BrFN2O2/c1-18(2,17(24)22-15-9-5-13(19)6-10-15)16(23)21-11-12-3-7-14(20)8-4-12/h3-10H,11H2,1-2H3,(H,21,23)(H,22,24). The van der Waals surface area contributed by atoms with E-state index in [2.05, 4.69) is 26.6 Å². The Morgan fingerprint density at radius 1 is 1.00 bits per heavy atom. The van der Waals surface area contributed by atoms with Crippen molar-refractivity contribution in [2.24, 2.45) is 5.41 Å². The summed E-state index contributed by atoms with van der Waals surface area (Å²) >= 11 is 3.32. The largest absolute Gasteiger partial charge is 0.351 e. The molecule has 0 radical (unpaired) electrons. The average molecular weight is 393 g/mol. The molecule has 2 aromatic rings. The Balaban J connectivity index is 1.96. The van der Waals surface area contributed by atoms with Crippen molar-refractivity contribution in [3.63, 3.8) is 0 Å². The van der Waals surface area contributed by atoms with E-state index in [-0.39, 0.29) is 12.4 Å². The van der Waals surface area contributed by atoms with Crippen LogP contribution in [-0.4, -0.2) is 11.8 Å². The van der Waals surface area contributed by atoms with Crippen molar-refractivity contribution in [2.45, 2.75) is 20.4 Å². The lowest BCUT2D eigenvalue weighted by atomic mass is 9.91. The van der Waals surface area contributed by atoms with Gasteiger partial charge in [-0.3, -0.25) is 9.59 Å². The van der Waals surface area contributed by atoms with Crippen LogP contribution in [0, 0.1) is 11.2 Å². The second kappa shape index (κ2) is 7.57. The molecule has 0 heterocycles. The van der Waals surface area contributed by atoms with Crippen molar-refractivity contribution in [2.75, 3.05) is 5.32 Å². The number of rotatable bonds is 5. The van der Waals surface area contributed by atoms with Gasteiger partial charge >= 0.3 is 0 Å². The highest BCUT2D eigenvalue weighted by Gasteiger charge is 2.35. The predicted octanol–water partition coefficient (Wildman–Crippen LogP) is 3.87. The number of anilines is 1. The number of amides is 2. The number of carbonyl (C=O) groups excluding carboxylic acids is 2. The molecule has 2 amide bonds. The molecular weight excluding hydrogens is 375 g/mol. The zero-order chi connectivity index (χ0) is 17.7. The molecule has 0 spiro atoms. The van der Waals surface area contributed by atoms with E-state index in [9.17, 15) is 14.0 Å². The molecule has 126 valence electrons. The highest BCUT2D eigenvalue weighted by atomic mass is 79.9. The van der Waals surface area contributed by atoms with Crippen LogP contribution in [-0.2, 0) is 16.1 Å². The Morgan fingerprint density at radius 3 is 2.17 bits per heavy atom. The first-order chi connectivity index (χ1) is 11.3. The van der Waals surface area contributed by atoms with Crippen molar-refractivity contribution in [1.29, 1.82) is 0 Å². The molecule has 0 fully saturated rings. The summed E-state index contributed by atoms with van der Waals surface area (Å²) in [7, 11) is 0. The fourth-order valence-electron chi connectivity index (χ4n) is 1.93. The number of nitrogens with one attached hydrogen (secondary N) is 2. The molecule has 0 unspecified atom stereocenters. The van der Waals surface area contributed by atoms with Gasteiger partial charge in [0.15, 0.2) is 0 Å². The van der Waals surface area contributed by atoms with E-state index in [0.717, 1.165) is 10.0 Å². The molecule has 2 rings (SSSR count). The molecule has 24 heavy (non-hydrogen) atoms. The molecule has 0 bridgehead atoms. The summed E-state index contributed by atoms with van der Waals surface area (Å²) < 4.78 is 13.8. The Hall–Kier alpha value is -2.21. The van der Waals surface area contributed by atoms with Crippen molar-refractivity contribution in [3.8, 4) is 0 Å². The van der Waals surface area contributed by atoms with Crippen molar-refractivity contribution >= 4 is 33.4 Å². The van der Waals surface area contributed by atoms with Crippen LogP contribution in [0.2, 0.25) is 0 Å². The Labute approximate surface area is 148 Å². The number of hydrogen-bond acceptors (Lipinski definition) is 2. The van der Waals surface area contributed by atoms with Crippen LogP contribution in [0.4, 0.5) is 10.1 Å². The highest BCUT2D eigenvalue weighted by molar-refractivity contribution is 9.10. The van der Waals surface area contributed by atoms with E-state index < -0.39 is 17.2 Å². The van der Waals surface area contributed by atoms with E-state index in [1.807, 2.05) is 0 Å². The number of carbonyl (C=O) groups is 2. The summed E-state index contributed by atoms with van der Waals surface area (Å²) in [6.45, 7) is 3.34. The maximum absolute atomic E-state index is 12.9. The van der Waals surface area contributed by atoms with Crippen LogP contribution in [0.25, 0.3) is 0 Å². The molecular formula is C18H18BrFN2O2. The third-order valence-electron chi connectivity index (χ3n) is 3.60. The zero-order valence-electron chi connectivity index (χ0n) is 13.4. The summed E-state index contributed by atoms with van der Waals surface area (Å²) in [5.74, 6) is -1.14. The second-order valence-electron chi connectivity index (χ2n) is 5.90. The van der Waals surface area contributed by atoms with E-state index in [1.54, 1.807) is 50.2 Å². The normalized spacial score (nSPS) is 11.0. The smallest absolute Gasteiger partial charge is 0.239 e. The maximum atomic E-state index is 12.9. The van der Waals surface area contributed by atoms with Gasteiger partial charge in [0.2, 0.25) is 11.8 Å². The van der Waals surface area contributed by atoms with Crippen LogP contribution >= 0.6 is 15.9 Å². The fraction of sp³-hybridized carbons (Fsp3) is 0.222. The van der Waals surface area contributed by atoms with Crippen LogP contribution in [0.15, 0.2) is 53.0 Å². The van der Waals surface area contributed by atoms with Gasteiger partial charge < -0.3 is 10.6 Å². The van der Waals surface area contributed by atoms with Gasteiger partial charge in [0.05, 0.1) is 0 Å². The summed E-state index contributed by atoms with van der Waals surface area (Å²) in [5, 5.41) is 5.43. The SMILES string of the molecule is CC(C)(C(=O)NCc1ccc(F)cc1)C(=O)Nc1ccc(Br)cc1. The molecule has 0 aromatic heterocycles. The van der Waals surface area contributed by atoms with Crippen LogP contribution < -0.4 is 10.6 Å². The summed E-state index contributed by atoms with van der Waals surface area (Å²) in [6, 6.07) is 12.9. The van der Waals surface area contributed by atoms with Gasteiger partial charge in [-0.05, 0) is 55.8 Å². The second-order valence-corrected chi connectivity index (χ2v) is 6.81. The lowest BCUT2D eigenvalue weighted by molar-refractivity contribution is -0.138. The summed E-state index contributed by atoms with van der Waals surface area (Å²) in [5.41, 5.74) is 0.129. The summed E-state index contributed by atoms with van der Waals surface area (Å²) in [6.07, 6.45) is 0. The van der Waals surface area contributed by atoms with Gasteiger partial charge in [0.25, 0.3) is 0 Å². The molecule has 2 aromatic carbocycles. The lowest BCUT2D eigenvalue weighted by Gasteiger charge is -2.22. The van der Waals surface area contributed by atoms with Gasteiger partial charge in [-0.15, -0.1) is 0 Å². The molecule has 0 saturated carbocycles. The maximum Gasteiger partial charge on any atom is 0.239 e. The Bertz CT molecular complexity index is 728. The van der Waals surface area contributed by atoms with Crippen molar-refractivity contribution < 1.29 is 14.0 Å². The van der Waals surface area contributed by atoms with E-state index in [1.165, 1.54) is 12.1 Å². The minimum atomic E-state index is -1.24. The van der Waals surface area contributed by atoms with E-state index in [4.69, 9.17) is 0 Å².